The Hall–Kier alpha value is -2.29. The Morgan fingerprint density at radius 2 is 1.89 bits per heavy atom. The van der Waals surface area contributed by atoms with Gasteiger partial charge in [-0.25, -0.2) is 0 Å². The molecule has 8 nitrogen and oxygen atoms in total. The lowest BCUT2D eigenvalue weighted by Gasteiger charge is -2.34. The van der Waals surface area contributed by atoms with E-state index in [4.69, 9.17) is 10.5 Å². The lowest BCUT2D eigenvalue weighted by atomic mass is 9.78. The maximum atomic E-state index is 14.2. The van der Waals surface area contributed by atoms with Crippen molar-refractivity contribution >= 4 is 17.6 Å². The number of aliphatic hydroxyl groups excluding tert-OH is 1. The number of hydrogen-bond donors (Lipinski definition) is 2. The molecule has 1 saturated carbocycles. The van der Waals surface area contributed by atoms with Crippen LogP contribution in [0.4, 0.5) is 0 Å². The number of fused-ring (bicyclic) bond motifs is 1. The van der Waals surface area contributed by atoms with E-state index in [1.165, 1.54) is 4.90 Å². The van der Waals surface area contributed by atoms with Crippen LogP contribution in [-0.4, -0.2) is 83.5 Å². The van der Waals surface area contributed by atoms with Gasteiger partial charge in [-0.1, -0.05) is 31.9 Å². The Kier molecular flexibility index (Phi) is 7.47. The Bertz CT molecular complexity index is 999. The first-order chi connectivity index (χ1) is 17.4. The number of carbonyl (C=O) groups excluding carboxylic acids is 3. The Morgan fingerprint density at radius 3 is 2.56 bits per heavy atom. The van der Waals surface area contributed by atoms with Crippen molar-refractivity contribution in [3.8, 4) is 0 Å². The van der Waals surface area contributed by atoms with E-state index in [9.17, 15) is 19.5 Å². The molecule has 4 atom stereocenters. The first-order valence-corrected chi connectivity index (χ1v) is 13.7. The van der Waals surface area contributed by atoms with Crippen LogP contribution in [0.15, 0.2) is 18.2 Å². The molecular formula is C28H39N3O5. The number of β-amino-alcohol motifs (C(OH)–C–C–N with tert-alkyl or cyclic N) is 1. The maximum Gasteiger partial charge on any atom is 0.249 e. The van der Waals surface area contributed by atoms with E-state index >= 15 is 0 Å². The number of likely N-dealkylation sites (tertiary alicyclic amines) is 2. The fourth-order valence-corrected chi connectivity index (χ4v) is 7.04. The monoisotopic (exact) mass is 497 g/mol. The van der Waals surface area contributed by atoms with Crippen molar-refractivity contribution in [3.05, 3.63) is 34.9 Å². The minimum absolute atomic E-state index is 0.0740. The zero-order valence-corrected chi connectivity index (χ0v) is 21.2. The largest absolute Gasteiger partial charge is 0.388 e. The number of ketones is 1. The van der Waals surface area contributed by atoms with Crippen LogP contribution in [-0.2, 0) is 14.3 Å². The smallest absolute Gasteiger partial charge is 0.249 e. The fourth-order valence-electron chi connectivity index (χ4n) is 7.04. The van der Waals surface area contributed by atoms with Gasteiger partial charge in [-0.3, -0.25) is 14.4 Å². The molecule has 0 radical (unpaired) electrons. The third-order valence-electron chi connectivity index (χ3n) is 8.85. The third-order valence-corrected chi connectivity index (χ3v) is 8.85. The van der Waals surface area contributed by atoms with Gasteiger partial charge in [0.25, 0.3) is 0 Å². The van der Waals surface area contributed by atoms with E-state index in [1.807, 2.05) is 6.07 Å². The van der Waals surface area contributed by atoms with Crippen LogP contribution in [0.25, 0.3) is 0 Å². The average molecular weight is 498 g/mol. The highest BCUT2D eigenvalue weighted by Crippen LogP contribution is 2.43. The SMILES string of the molecule is CCCN1CCC(c2ccc(C(N)=O)c([C@@H](C(=O)N3C[C@H](O)[C@H]4OCC(=O)[C@H]43)C3CCCC3)c2)CC1. The normalized spacial score (nSPS) is 28.6. The quantitative estimate of drug-likeness (QED) is 0.597. The minimum Gasteiger partial charge on any atom is -0.388 e. The Morgan fingerprint density at radius 1 is 1.17 bits per heavy atom. The predicted octanol–water partition coefficient (Wildman–Crippen LogP) is 2.19. The van der Waals surface area contributed by atoms with Crippen molar-refractivity contribution in [1.82, 2.24) is 9.80 Å². The van der Waals surface area contributed by atoms with Crippen molar-refractivity contribution in [2.75, 3.05) is 32.8 Å². The molecule has 5 rings (SSSR count). The number of Topliss-reactive ketones (excluding diaryl/α,β-unsaturated/α-hetero) is 1. The van der Waals surface area contributed by atoms with Crippen molar-refractivity contribution < 1.29 is 24.2 Å². The lowest BCUT2D eigenvalue weighted by molar-refractivity contribution is -0.139. The Labute approximate surface area is 213 Å². The van der Waals surface area contributed by atoms with Gasteiger partial charge in [0, 0.05) is 5.56 Å². The second kappa shape index (κ2) is 10.6. The molecule has 0 spiro atoms. The van der Waals surface area contributed by atoms with Crippen molar-refractivity contribution in [3.63, 3.8) is 0 Å². The molecule has 0 aromatic heterocycles. The lowest BCUT2D eigenvalue weighted by Crippen LogP contribution is -2.45. The molecule has 36 heavy (non-hydrogen) atoms. The first kappa shape index (κ1) is 25.4. The van der Waals surface area contributed by atoms with E-state index < -0.39 is 30.1 Å². The number of amides is 2. The predicted molar refractivity (Wildman–Crippen MR) is 135 cm³/mol. The molecule has 1 aromatic carbocycles. The van der Waals surface area contributed by atoms with Crippen LogP contribution < -0.4 is 5.73 Å². The van der Waals surface area contributed by atoms with Crippen molar-refractivity contribution in [1.29, 1.82) is 0 Å². The number of rotatable bonds is 7. The van der Waals surface area contributed by atoms with E-state index in [0.29, 0.717) is 17.0 Å². The summed E-state index contributed by atoms with van der Waals surface area (Å²) in [4.78, 5) is 43.4. The van der Waals surface area contributed by atoms with Crippen LogP contribution in [0, 0.1) is 5.92 Å². The molecule has 0 bridgehead atoms. The van der Waals surface area contributed by atoms with Gasteiger partial charge < -0.3 is 25.4 Å². The summed E-state index contributed by atoms with van der Waals surface area (Å²) in [6, 6.07) is 5.10. The van der Waals surface area contributed by atoms with Gasteiger partial charge in [-0.2, -0.15) is 0 Å². The number of primary amides is 1. The van der Waals surface area contributed by atoms with Crippen LogP contribution in [0.3, 0.4) is 0 Å². The minimum atomic E-state index is -0.884. The van der Waals surface area contributed by atoms with Crippen molar-refractivity contribution in [2.24, 2.45) is 11.7 Å². The molecule has 3 aliphatic heterocycles. The summed E-state index contributed by atoms with van der Waals surface area (Å²) < 4.78 is 5.51. The average Bonchev–Trinajstić information content (AvgIpc) is 3.60. The summed E-state index contributed by atoms with van der Waals surface area (Å²) in [6.45, 7) is 5.41. The number of piperidine rings is 1. The van der Waals surface area contributed by atoms with Crippen LogP contribution in [0.1, 0.15) is 85.2 Å². The van der Waals surface area contributed by atoms with Gasteiger partial charge in [0.15, 0.2) is 5.78 Å². The van der Waals surface area contributed by atoms with E-state index in [-0.39, 0.29) is 30.8 Å². The number of carbonyl (C=O) groups is 3. The molecule has 8 heteroatoms. The number of ether oxygens (including phenoxy) is 1. The van der Waals surface area contributed by atoms with Crippen molar-refractivity contribution in [2.45, 2.75) is 82.0 Å². The second-order valence-electron chi connectivity index (χ2n) is 11.1. The van der Waals surface area contributed by atoms with Crippen LogP contribution in [0.2, 0.25) is 0 Å². The summed E-state index contributed by atoms with van der Waals surface area (Å²) in [5.41, 5.74) is 8.06. The number of hydrogen-bond acceptors (Lipinski definition) is 6. The molecule has 3 N–H and O–H groups in total. The highest BCUT2D eigenvalue weighted by atomic mass is 16.5. The summed E-state index contributed by atoms with van der Waals surface area (Å²) in [5.74, 6) is -1.01. The molecule has 0 unspecified atom stereocenters. The molecule has 4 fully saturated rings. The molecule has 196 valence electrons. The molecule has 2 amide bonds. The molecular weight excluding hydrogens is 458 g/mol. The fraction of sp³-hybridized carbons (Fsp3) is 0.679. The standard InChI is InChI=1S/C28H39N3O5/c1-2-11-30-12-9-17(10-13-30)19-7-8-20(27(29)34)21(14-19)24(18-5-3-4-6-18)28(35)31-15-22(32)26-25(31)23(33)16-36-26/h7-8,14,17-18,22,24-26,32H,2-6,9-13,15-16H2,1H3,(H2,29,34)/t22-,24-,25+,26+/m0/s1. The molecule has 3 saturated heterocycles. The van der Waals surface area contributed by atoms with E-state index in [2.05, 4.69) is 17.9 Å². The Balaban J connectivity index is 1.49. The van der Waals surface area contributed by atoms with Gasteiger partial charge in [0.05, 0.1) is 12.5 Å². The highest BCUT2D eigenvalue weighted by Gasteiger charge is 2.53. The van der Waals surface area contributed by atoms with E-state index in [1.54, 1.807) is 6.07 Å². The summed E-state index contributed by atoms with van der Waals surface area (Å²) in [6.07, 6.45) is 5.54. The summed E-state index contributed by atoms with van der Waals surface area (Å²) in [7, 11) is 0. The van der Waals surface area contributed by atoms with Gasteiger partial charge in [0.1, 0.15) is 24.9 Å². The number of nitrogens with zero attached hydrogens (tertiary/aromatic N) is 2. The summed E-state index contributed by atoms with van der Waals surface area (Å²) >= 11 is 0. The first-order valence-electron chi connectivity index (χ1n) is 13.7. The summed E-state index contributed by atoms with van der Waals surface area (Å²) in [5, 5.41) is 10.5. The van der Waals surface area contributed by atoms with Gasteiger partial charge in [0.2, 0.25) is 11.8 Å². The third kappa shape index (κ3) is 4.71. The van der Waals surface area contributed by atoms with Gasteiger partial charge >= 0.3 is 0 Å². The van der Waals surface area contributed by atoms with Crippen LogP contribution in [0.5, 0.6) is 0 Å². The van der Waals surface area contributed by atoms with E-state index in [0.717, 1.165) is 70.1 Å². The zero-order valence-electron chi connectivity index (χ0n) is 21.2. The van der Waals surface area contributed by atoms with Gasteiger partial charge in [-0.15, -0.1) is 0 Å². The maximum absolute atomic E-state index is 14.2. The number of nitrogens with two attached hydrogens (primary N) is 1. The van der Waals surface area contributed by atoms with Gasteiger partial charge in [-0.05, 0) is 80.8 Å². The highest BCUT2D eigenvalue weighted by molar-refractivity contribution is 5.99. The number of benzene rings is 1. The topological polar surface area (TPSA) is 113 Å². The zero-order chi connectivity index (χ0) is 25.4. The second-order valence-corrected chi connectivity index (χ2v) is 11.1. The molecule has 1 aliphatic carbocycles. The van der Waals surface area contributed by atoms with Crippen LogP contribution >= 0.6 is 0 Å². The molecule has 3 heterocycles. The molecule has 4 aliphatic rings. The molecule has 1 aromatic rings. The number of aliphatic hydroxyl groups is 1.